The van der Waals surface area contributed by atoms with Crippen molar-refractivity contribution in [2.45, 2.75) is 17.8 Å². The van der Waals surface area contributed by atoms with E-state index in [1.165, 1.54) is 16.7 Å². The van der Waals surface area contributed by atoms with Crippen molar-refractivity contribution >= 4 is 29.5 Å². The maximum absolute atomic E-state index is 11.9. The van der Waals surface area contributed by atoms with Crippen molar-refractivity contribution < 1.29 is 19.5 Å². The first-order valence-electron chi connectivity index (χ1n) is 6.54. The van der Waals surface area contributed by atoms with Crippen molar-refractivity contribution in [2.24, 2.45) is 5.73 Å². The molecule has 8 heteroatoms. The number of carboxylic acids is 1. The van der Waals surface area contributed by atoms with E-state index >= 15 is 0 Å². The second-order valence-electron chi connectivity index (χ2n) is 5.26. The zero-order valence-corrected chi connectivity index (χ0v) is 12.2. The molecule has 2 fully saturated rings. The van der Waals surface area contributed by atoms with Gasteiger partial charge in [-0.25, -0.2) is 4.79 Å². The zero-order chi connectivity index (χ0) is 15.3. The van der Waals surface area contributed by atoms with Crippen LogP contribution in [0.4, 0.5) is 0 Å². The van der Waals surface area contributed by atoms with Crippen LogP contribution in [0.25, 0.3) is 0 Å². The Labute approximate surface area is 125 Å². The Balaban J connectivity index is 1.99. The molecule has 2 saturated heterocycles. The van der Waals surface area contributed by atoms with Gasteiger partial charge in [-0.15, -0.1) is 11.8 Å². The molecule has 3 aliphatic heterocycles. The topological polar surface area (TPSA) is 104 Å². The van der Waals surface area contributed by atoms with Gasteiger partial charge in [0.25, 0.3) is 0 Å². The average Bonchev–Trinajstić information content (AvgIpc) is 2.77. The smallest absolute Gasteiger partial charge is 0.352 e. The lowest BCUT2D eigenvalue weighted by molar-refractivity contribution is -0.147. The Bertz CT molecular complexity index is 613. The lowest BCUT2D eigenvalue weighted by Crippen LogP contribution is -2.68. The van der Waals surface area contributed by atoms with E-state index in [2.05, 4.69) is 0 Å². The molecule has 7 nitrogen and oxygen atoms in total. The summed E-state index contributed by atoms with van der Waals surface area (Å²) >= 11 is 1.43. The fraction of sp³-hybridized carbons (Fsp3) is 0.462. The Morgan fingerprint density at radius 2 is 2.19 bits per heavy atom. The minimum absolute atomic E-state index is 0.0414. The first-order chi connectivity index (χ1) is 9.91. The number of carbonyl (C=O) groups is 3. The molecule has 0 spiro atoms. The van der Waals surface area contributed by atoms with Gasteiger partial charge in [0.05, 0.1) is 0 Å². The third-order valence-electron chi connectivity index (χ3n) is 3.93. The average molecular weight is 309 g/mol. The predicted octanol–water partition coefficient (Wildman–Crippen LogP) is -0.644. The molecule has 2 amide bonds. The fourth-order valence-electron chi connectivity index (χ4n) is 2.74. The zero-order valence-electron chi connectivity index (χ0n) is 11.4. The van der Waals surface area contributed by atoms with Crippen LogP contribution in [0, 0.1) is 0 Å². The van der Waals surface area contributed by atoms with Crippen LogP contribution in [-0.4, -0.2) is 63.5 Å². The number of likely N-dealkylation sites (N-methyl/N-ethyl adjacent to an activating group) is 1. The van der Waals surface area contributed by atoms with Gasteiger partial charge in [-0.2, -0.15) is 0 Å². The van der Waals surface area contributed by atoms with E-state index in [4.69, 9.17) is 5.73 Å². The van der Waals surface area contributed by atoms with Gasteiger partial charge >= 0.3 is 5.97 Å². The number of aliphatic carboxylic acids is 1. The van der Waals surface area contributed by atoms with Gasteiger partial charge in [0, 0.05) is 24.9 Å². The highest BCUT2D eigenvalue weighted by Gasteiger charge is 2.51. The van der Waals surface area contributed by atoms with Crippen LogP contribution in [0.3, 0.4) is 0 Å². The summed E-state index contributed by atoms with van der Waals surface area (Å²) in [5, 5.41) is 9.09. The van der Waals surface area contributed by atoms with Crippen molar-refractivity contribution in [3.8, 4) is 0 Å². The number of allylic oxidation sites excluding steroid dienone is 1. The first-order valence-corrected chi connectivity index (χ1v) is 7.59. The fourth-order valence-corrected chi connectivity index (χ4v) is 3.99. The van der Waals surface area contributed by atoms with Gasteiger partial charge in [-0.3, -0.25) is 14.5 Å². The lowest BCUT2D eigenvalue weighted by atomic mass is 10.0. The third kappa shape index (κ3) is 2.06. The molecule has 0 aromatic rings. The van der Waals surface area contributed by atoms with Crippen molar-refractivity contribution in [3.63, 3.8) is 0 Å². The molecular weight excluding hydrogens is 294 g/mol. The predicted molar refractivity (Wildman–Crippen MR) is 76.1 cm³/mol. The summed E-state index contributed by atoms with van der Waals surface area (Å²) in [4.78, 5) is 38.0. The number of carboxylic acid groups (broad SMARTS) is 1. The van der Waals surface area contributed by atoms with Crippen LogP contribution < -0.4 is 5.73 Å². The molecule has 3 rings (SSSR count). The van der Waals surface area contributed by atoms with Crippen LogP contribution >= 0.6 is 11.8 Å². The van der Waals surface area contributed by atoms with Gasteiger partial charge in [0.2, 0.25) is 11.8 Å². The minimum atomic E-state index is -1.16. The van der Waals surface area contributed by atoms with Crippen LogP contribution in [0.1, 0.15) is 6.42 Å². The molecule has 0 aromatic heterocycles. The highest BCUT2D eigenvalue weighted by Crippen LogP contribution is 2.40. The standard InChI is InChI=1S/C13H15N3O4S/c1-15-3-2-6(10(15)17)4-7-5-21-12-8(14)11(18)16(12)9(7)13(19)20/h4,8,12H,2-3,5,14H2,1H3,(H,19,20)/b6-4+/t8?,12-/m1/s1. The number of fused-ring (bicyclic) bond motifs is 1. The summed E-state index contributed by atoms with van der Waals surface area (Å²) < 4.78 is 0. The number of likely N-dealkylation sites (tertiary alicyclic amines) is 1. The van der Waals surface area contributed by atoms with E-state index < -0.39 is 12.0 Å². The SMILES string of the molecule is CN1CC/C(=C\C2=C(C(=O)O)N3C(=O)C(N)[C@H]3SC2)C1=O. The minimum Gasteiger partial charge on any atom is -0.477 e. The Morgan fingerprint density at radius 1 is 1.48 bits per heavy atom. The summed E-state index contributed by atoms with van der Waals surface area (Å²) in [6.07, 6.45) is 2.21. The van der Waals surface area contributed by atoms with E-state index in [0.29, 0.717) is 29.9 Å². The van der Waals surface area contributed by atoms with Crippen molar-refractivity contribution in [3.05, 3.63) is 22.9 Å². The number of nitrogens with two attached hydrogens (primary N) is 1. The van der Waals surface area contributed by atoms with E-state index in [-0.39, 0.29) is 22.9 Å². The molecule has 21 heavy (non-hydrogen) atoms. The molecule has 0 saturated carbocycles. The molecule has 3 heterocycles. The summed E-state index contributed by atoms with van der Waals surface area (Å²) in [5.41, 5.74) is 6.73. The highest BCUT2D eigenvalue weighted by atomic mass is 32.2. The maximum atomic E-state index is 11.9. The summed E-state index contributed by atoms with van der Waals surface area (Å²) in [7, 11) is 1.71. The number of amides is 2. The molecular formula is C13H15N3O4S. The van der Waals surface area contributed by atoms with Gasteiger partial charge in [0.15, 0.2) is 0 Å². The molecule has 2 atom stereocenters. The lowest BCUT2D eigenvalue weighted by Gasteiger charge is -2.47. The van der Waals surface area contributed by atoms with Gasteiger partial charge in [-0.1, -0.05) is 0 Å². The quantitative estimate of drug-likeness (QED) is 0.519. The second-order valence-corrected chi connectivity index (χ2v) is 6.37. The first kappa shape index (κ1) is 14.2. The summed E-state index contributed by atoms with van der Waals surface area (Å²) in [6.45, 7) is 0.629. The van der Waals surface area contributed by atoms with Gasteiger partial charge < -0.3 is 15.7 Å². The molecule has 0 aliphatic carbocycles. The van der Waals surface area contributed by atoms with Gasteiger partial charge in [0.1, 0.15) is 17.1 Å². The summed E-state index contributed by atoms with van der Waals surface area (Å²) in [5.74, 6) is -1.20. The number of hydrogen-bond acceptors (Lipinski definition) is 5. The Kier molecular flexibility index (Phi) is 3.29. The van der Waals surface area contributed by atoms with Crippen LogP contribution in [-0.2, 0) is 14.4 Å². The summed E-state index contributed by atoms with van der Waals surface area (Å²) in [6, 6.07) is -0.641. The molecule has 3 aliphatic rings. The number of thioether (sulfide) groups is 1. The number of carbonyl (C=O) groups excluding carboxylic acids is 2. The van der Waals surface area contributed by atoms with E-state index in [9.17, 15) is 19.5 Å². The van der Waals surface area contributed by atoms with Crippen molar-refractivity contribution in [1.82, 2.24) is 9.80 Å². The highest BCUT2D eigenvalue weighted by molar-refractivity contribution is 8.00. The largest absolute Gasteiger partial charge is 0.477 e. The normalized spacial score (nSPS) is 30.9. The number of β-lactam (4-membered cyclic amide) rings is 1. The molecule has 1 unspecified atom stereocenters. The number of hydrogen-bond donors (Lipinski definition) is 2. The maximum Gasteiger partial charge on any atom is 0.352 e. The monoisotopic (exact) mass is 309 g/mol. The van der Waals surface area contributed by atoms with Gasteiger partial charge in [-0.05, 0) is 18.1 Å². The number of rotatable bonds is 2. The van der Waals surface area contributed by atoms with E-state index in [1.54, 1.807) is 18.0 Å². The molecule has 3 N–H and O–H groups in total. The van der Waals surface area contributed by atoms with Crippen molar-refractivity contribution in [2.75, 3.05) is 19.3 Å². The molecule has 0 bridgehead atoms. The van der Waals surface area contributed by atoms with Crippen molar-refractivity contribution in [1.29, 1.82) is 0 Å². The van der Waals surface area contributed by atoms with Crippen LogP contribution in [0.2, 0.25) is 0 Å². The number of nitrogens with zero attached hydrogens (tertiary/aromatic N) is 2. The van der Waals surface area contributed by atoms with Crippen LogP contribution in [0.15, 0.2) is 22.9 Å². The third-order valence-corrected chi connectivity index (χ3v) is 5.25. The Morgan fingerprint density at radius 3 is 2.76 bits per heavy atom. The molecule has 0 aromatic carbocycles. The molecule has 0 radical (unpaired) electrons. The van der Waals surface area contributed by atoms with E-state index in [0.717, 1.165) is 0 Å². The molecule has 112 valence electrons. The Hall–Kier alpha value is -1.80. The van der Waals surface area contributed by atoms with Crippen LogP contribution in [0.5, 0.6) is 0 Å². The van der Waals surface area contributed by atoms with E-state index in [1.807, 2.05) is 0 Å². The second kappa shape index (κ2) is 4.88.